The quantitative estimate of drug-likeness (QED) is 0.204. The third-order valence-corrected chi connectivity index (χ3v) is 8.99. The highest BCUT2D eigenvalue weighted by Gasteiger charge is 2.35. The number of fused-ring (bicyclic) bond motifs is 3. The monoisotopic (exact) mass is 577 g/mol. The average molecular weight is 578 g/mol. The fourth-order valence-electron chi connectivity index (χ4n) is 6.60. The van der Waals surface area contributed by atoms with Crippen LogP contribution in [-0.2, 0) is 5.41 Å². The molecule has 0 spiro atoms. The molecule has 45 heavy (non-hydrogen) atoms. The molecule has 0 unspecified atom stereocenters. The van der Waals surface area contributed by atoms with Gasteiger partial charge in [-0.25, -0.2) is 9.97 Å². The number of rotatable bonds is 5. The maximum Gasteiger partial charge on any atom is 0.160 e. The molecule has 3 nitrogen and oxygen atoms in total. The molecule has 0 atom stereocenters. The summed E-state index contributed by atoms with van der Waals surface area (Å²) in [5.74, 6) is 0.687. The van der Waals surface area contributed by atoms with Crippen LogP contribution in [-0.4, -0.2) is 15.0 Å². The Morgan fingerprint density at radius 3 is 1.82 bits per heavy atom. The van der Waals surface area contributed by atoms with Crippen LogP contribution in [0.25, 0.3) is 67.3 Å². The van der Waals surface area contributed by atoms with Gasteiger partial charge < -0.3 is 0 Å². The van der Waals surface area contributed by atoms with E-state index in [9.17, 15) is 0 Å². The highest BCUT2D eigenvalue weighted by molar-refractivity contribution is 5.84. The van der Waals surface area contributed by atoms with Crippen LogP contribution in [0, 0.1) is 0 Å². The van der Waals surface area contributed by atoms with E-state index in [1.54, 1.807) is 6.20 Å². The second-order valence-corrected chi connectivity index (χ2v) is 12.2. The first-order valence-electron chi connectivity index (χ1n) is 15.4. The molecule has 3 heteroatoms. The standard InChI is InChI=1S/C42H31N3/c1-42(2)37-19-7-6-18-35(37)36-21-20-31(25-38(36)42)30-14-8-15-32(23-30)39-26-40(34-17-10-22-43-27-34)45-41(44-39)33-16-9-13-29(24-33)28-11-4-3-5-12-28/h3-27H,1-2H3. The molecule has 0 aliphatic heterocycles. The van der Waals surface area contributed by atoms with Crippen molar-refractivity contribution in [2.75, 3.05) is 0 Å². The van der Waals surface area contributed by atoms with Gasteiger partial charge in [0.1, 0.15) is 0 Å². The summed E-state index contributed by atoms with van der Waals surface area (Å²) in [5, 5.41) is 0. The van der Waals surface area contributed by atoms with E-state index >= 15 is 0 Å². The van der Waals surface area contributed by atoms with Crippen molar-refractivity contribution in [1.29, 1.82) is 0 Å². The van der Waals surface area contributed by atoms with Crippen LogP contribution in [0.3, 0.4) is 0 Å². The van der Waals surface area contributed by atoms with E-state index in [0.717, 1.165) is 44.8 Å². The zero-order chi connectivity index (χ0) is 30.4. The minimum absolute atomic E-state index is 0.0476. The predicted molar refractivity (Wildman–Crippen MR) is 185 cm³/mol. The van der Waals surface area contributed by atoms with Crippen molar-refractivity contribution < 1.29 is 0 Å². The molecule has 0 radical (unpaired) electrons. The van der Waals surface area contributed by atoms with Crippen LogP contribution in [0.4, 0.5) is 0 Å². The van der Waals surface area contributed by atoms with Crippen LogP contribution in [0.15, 0.2) is 152 Å². The van der Waals surface area contributed by atoms with Crippen LogP contribution in [0.5, 0.6) is 0 Å². The molecule has 8 rings (SSSR count). The van der Waals surface area contributed by atoms with Gasteiger partial charge >= 0.3 is 0 Å². The summed E-state index contributed by atoms with van der Waals surface area (Å²) >= 11 is 0. The Labute approximate surface area is 264 Å². The van der Waals surface area contributed by atoms with Gasteiger partial charge in [-0.15, -0.1) is 0 Å². The van der Waals surface area contributed by atoms with Gasteiger partial charge in [-0.1, -0.05) is 117 Å². The maximum absolute atomic E-state index is 5.15. The minimum atomic E-state index is -0.0476. The predicted octanol–water partition coefficient (Wildman–Crippen LogP) is 10.5. The average Bonchev–Trinajstić information content (AvgIpc) is 3.34. The van der Waals surface area contributed by atoms with Crippen molar-refractivity contribution in [3.63, 3.8) is 0 Å². The maximum atomic E-state index is 5.15. The Kier molecular flexibility index (Phi) is 6.46. The van der Waals surface area contributed by atoms with Gasteiger partial charge in [-0.05, 0) is 80.9 Å². The molecule has 0 N–H and O–H groups in total. The second-order valence-electron chi connectivity index (χ2n) is 12.2. The summed E-state index contributed by atoms with van der Waals surface area (Å²) in [6.07, 6.45) is 3.65. The van der Waals surface area contributed by atoms with Crippen LogP contribution in [0.2, 0.25) is 0 Å². The zero-order valence-corrected chi connectivity index (χ0v) is 25.3. The summed E-state index contributed by atoms with van der Waals surface area (Å²) in [4.78, 5) is 14.6. The Balaban J connectivity index is 1.23. The lowest BCUT2D eigenvalue weighted by atomic mass is 9.81. The molecular formula is C42H31N3. The Hall–Kier alpha value is -5.67. The molecule has 2 heterocycles. The summed E-state index contributed by atoms with van der Waals surface area (Å²) in [6.45, 7) is 4.65. The van der Waals surface area contributed by atoms with E-state index in [-0.39, 0.29) is 5.41 Å². The lowest BCUT2D eigenvalue weighted by Crippen LogP contribution is -2.14. The van der Waals surface area contributed by atoms with Crippen molar-refractivity contribution in [2.24, 2.45) is 0 Å². The van der Waals surface area contributed by atoms with E-state index in [4.69, 9.17) is 9.97 Å². The van der Waals surface area contributed by atoms with Gasteiger partial charge in [-0.2, -0.15) is 0 Å². The van der Waals surface area contributed by atoms with E-state index in [1.165, 1.54) is 27.8 Å². The van der Waals surface area contributed by atoms with Crippen molar-refractivity contribution in [1.82, 2.24) is 15.0 Å². The Bertz CT molecular complexity index is 2180. The fourth-order valence-corrected chi connectivity index (χ4v) is 6.60. The van der Waals surface area contributed by atoms with Gasteiger partial charge in [0, 0.05) is 34.5 Å². The van der Waals surface area contributed by atoms with Gasteiger partial charge in [0.25, 0.3) is 0 Å². The summed E-state index contributed by atoms with van der Waals surface area (Å²) in [6, 6.07) is 49.3. The first kappa shape index (κ1) is 26.9. The largest absolute Gasteiger partial charge is 0.264 e. The third kappa shape index (κ3) is 4.83. The highest BCUT2D eigenvalue weighted by Crippen LogP contribution is 2.49. The number of pyridine rings is 1. The normalized spacial score (nSPS) is 12.8. The van der Waals surface area contributed by atoms with Crippen LogP contribution in [0.1, 0.15) is 25.0 Å². The van der Waals surface area contributed by atoms with Crippen molar-refractivity contribution in [3.05, 3.63) is 163 Å². The molecule has 0 saturated carbocycles. The summed E-state index contributed by atoms with van der Waals surface area (Å²) in [5.41, 5.74) is 14.7. The molecular weight excluding hydrogens is 546 g/mol. The number of benzene rings is 5. The Morgan fingerprint density at radius 1 is 0.422 bits per heavy atom. The molecule has 0 amide bonds. The Morgan fingerprint density at radius 2 is 1.02 bits per heavy atom. The topological polar surface area (TPSA) is 38.7 Å². The SMILES string of the molecule is CC1(C)c2ccccc2-c2ccc(-c3cccc(-c4cc(-c5cccnc5)nc(-c5cccc(-c6ccccc6)c5)n4)c3)cc21. The third-order valence-electron chi connectivity index (χ3n) is 8.99. The van der Waals surface area contributed by atoms with Crippen molar-refractivity contribution >= 4 is 0 Å². The highest BCUT2D eigenvalue weighted by atomic mass is 14.9. The molecule has 1 aliphatic carbocycles. The molecule has 2 aromatic heterocycles. The van der Waals surface area contributed by atoms with Crippen molar-refractivity contribution in [3.8, 4) is 67.3 Å². The van der Waals surface area contributed by atoms with E-state index < -0.39 is 0 Å². The lowest BCUT2D eigenvalue weighted by Gasteiger charge is -2.22. The molecule has 0 bridgehead atoms. The molecule has 1 aliphatic rings. The molecule has 7 aromatic rings. The van der Waals surface area contributed by atoms with Crippen LogP contribution >= 0.6 is 0 Å². The number of aromatic nitrogens is 3. The van der Waals surface area contributed by atoms with E-state index in [1.807, 2.05) is 24.4 Å². The summed E-state index contributed by atoms with van der Waals surface area (Å²) in [7, 11) is 0. The van der Waals surface area contributed by atoms with Gasteiger partial charge in [0.2, 0.25) is 0 Å². The molecule has 0 saturated heterocycles. The van der Waals surface area contributed by atoms with Gasteiger partial charge in [-0.3, -0.25) is 4.98 Å². The lowest BCUT2D eigenvalue weighted by molar-refractivity contribution is 0.660. The number of hydrogen-bond donors (Lipinski definition) is 0. The second kappa shape index (κ2) is 10.8. The number of hydrogen-bond acceptors (Lipinski definition) is 3. The number of nitrogens with zero attached hydrogens (tertiary/aromatic N) is 3. The van der Waals surface area contributed by atoms with E-state index in [0.29, 0.717) is 5.82 Å². The minimum Gasteiger partial charge on any atom is -0.264 e. The first-order valence-corrected chi connectivity index (χ1v) is 15.4. The van der Waals surface area contributed by atoms with Gasteiger partial charge in [0.15, 0.2) is 5.82 Å². The van der Waals surface area contributed by atoms with Crippen molar-refractivity contribution in [2.45, 2.75) is 19.3 Å². The molecule has 214 valence electrons. The fraction of sp³-hybridized carbons (Fsp3) is 0.0714. The van der Waals surface area contributed by atoms with E-state index in [2.05, 4.69) is 140 Å². The smallest absolute Gasteiger partial charge is 0.160 e. The summed E-state index contributed by atoms with van der Waals surface area (Å²) < 4.78 is 0. The van der Waals surface area contributed by atoms with Gasteiger partial charge in [0.05, 0.1) is 11.4 Å². The first-order chi connectivity index (χ1) is 22.0. The molecule has 0 fully saturated rings. The van der Waals surface area contributed by atoms with Crippen LogP contribution < -0.4 is 0 Å². The molecule has 5 aromatic carbocycles. The zero-order valence-electron chi connectivity index (χ0n) is 25.3.